The molecule has 0 aliphatic carbocycles. The van der Waals surface area contributed by atoms with Gasteiger partial charge in [0.2, 0.25) is 10.0 Å². The van der Waals surface area contributed by atoms with Crippen molar-refractivity contribution >= 4 is 31.4 Å². The molecule has 20 heavy (non-hydrogen) atoms. The predicted octanol–water partition coefficient (Wildman–Crippen LogP) is -0.219. The zero-order valence-electron chi connectivity index (χ0n) is 11.2. The fourth-order valence-electron chi connectivity index (χ4n) is 1.52. The number of anilines is 1. The number of nitrogens with one attached hydrogen (secondary N) is 1. The average Bonchev–Trinajstić information content (AvgIpc) is 2.35. The van der Waals surface area contributed by atoms with Gasteiger partial charge in [0.1, 0.15) is 15.7 Å². The van der Waals surface area contributed by atoms with Crippen LogP contribution in [0.2, 0.25) is 0 Å². The van der Waals surface area contributed by atoms with Crippen LogP contribution in [0.15, 0.2) is 24.3 Å². The third-order valence-electron chi connectivity index (χ3n) is 2.66. The lowest BCUT2D eigenvalue weighted by Crippen LogP contribution is -2.33. The second-order valence-corrected chi connectivity index (χ2v) is 8.72. The van der Waals surface area contributed by atoms with Crippen molar-refractivity contribution in [2.45, 2.75) is 0 Å². The van der Waals surface area contributed by atoms with E-state index in [9.17, 15) is 16.8 Å². The summed E-state index contributed by atoms with van der Waals surface area (Å²) in [5, 5.41) is 7.44. The highest BCUT2D eigenvalue weighted by atomic mass is 32.2. The number of rotatable bonds is 6. The van der Waals surface area contributed by atoms with E-state index < -0.39 is 31.4 Å². The third kappa shape index (κ3) is 4.20. The largest absolute Gasteiger partial charge is 0.384 e. The molecule has 0 aromatic heterocycles. The minimum Gasteiger partial charge on any atom is -0.384 e. The minimum atomic E-state index is -3.80. The Morgan fingerprint density at radius 1 is 1.20 bits per heavy atom. The van der Waals surface area contributed by atoms with Gasteiger partial charge in [-0.3, -0.25) is 9.71 Å². The molecule has 0 bridgehead atoms. The number of hydrogen-bond acceptors (Lipinski definition) is 5. The topological polar surface area (TPSA) is 121 Å². The van der Waals surface area contributed by atoms with Crippen LogP contribution in [0, 0.1) is 5.41 Å². The molecule has 9 heteroatoms. The van der Waals surface area contributed by atoms with E-state index >= 15 is 0 Å². The lowest BCUT2D eigenvalue weighted by Gasteiger charge is -2.21. The second-order valence-electron chi connectivity index (χ2n) is 4.34. The summed E-state index contributed by atoms with van der Waals surface area (Å²) in [6, 6.07) is 6.29. The number of sulfone groups is 1. The SMILES string of the molecule is CN(c1ccccc1C(=N)N)S(=O)(=O)CCS(C)(=O)=O. The van der Waals surface area contributed by atoms with Gasteiger partial charge in [0, 0.05) is 18.9 Å². The molecule has 1 aromatic rings. The highest BCUT2D eigenvalue weighted by Crippen LogP contribution is 2.21. The van der Waals surface area contributed by atoms with Gasteiger partial charge < -0.3 is 5.73 Å². The third-order valence-corrected chi connectivity index (χ3v) is 5.62. The van der Waals surface area contributed by atoms with Gasteiger partial charge in [-0.05, 0) is 12.1 Å². The molecule has 0 heterocycles. The van der Waals surface area contributed by atoms with E-state index in [2.05, 4.69) is 0 Å². The molecule has 0 aliphatic rings. The quantitative estimate of drug-likeness (QED) is 0.554. The summed E-state index contributed by atoms with van der Waals surface area (Å²) in [6.07, 6.45) is 0.978. The molecule has 1 rings (SSSR count). The van der Waals surface area contributed by atoms with Crippen molar-refractivity contribution in [3.05, 3.63) is 29.8 Å². The van der Waals surface area contributed by atoms with E-state index in [1.165, 1.54) is 19.2 Å². The Balaban J connectivity index is 3.12. The van der Waals surface area contributed by atoms with Gasteiger partial charge in [0.15, 0.2) is 0 Å². The Bertz CT molecular complexity index is 711. The minimum absolute atomic E-state index is 0.244. The Labute approximate surface area is 118 Å². The molecule has 0 atom stereocenters. The number of nitrogens with zero attached hydrogens (tertiary/aromatic N) is 1. The molecule has 0 radical (unpaired) electrons. The first-order valence-electron chi connectivity index (χ1n) is 5.62. The molecule has 7 nitrogen and oxygen atoms in total. The molecule has 0 unspecified atom stereocenters. The normalized spacial score (nSPS) is 12.1. The number of nitrogen functional groups attached to an aromatic ring is 1. The molecule has 0 aliphatic heterocycles. The van der Waals surface area contributed by atoms with Crippen LogP contribution in [0.5, 0.6) is 0 Å². The van der Waals surface area contributed by atoms with Crippen LogP contribution in [0.4, 0.5) is 5.69 Å². The summed E-state index contributed by atoms with van der Waals surface area (Å²) in [6.45, 7) is 0. The van der Waals surface area contributed by atoms with Crippen LogP contribution in [0.1, 0.15) is 5.56 Å². The first-order chi connectivity index (χ1) is 9.04. The van der Waals surface area contributed by atoms with E-state index in [4.69, 9.17) is 11.1 Å². The van der Waals surface area contributed by atoms with Crippen molar-refractivity contribution in [1.82, 2.24) is 0 Å². The fourth-order valence-corrected chi connectivity index (χ4v) is 4.31. The number of sulfonamides is 1. The molecule has 0 amide bonds. The molecule has 1 aromatic carbocycles. The Morgan fingerprint density at radius 2 is 1.75 bits per heavy atom. The Hall–Kier alpha value is -1.61. The molecule has 0 spiro atoms. The van der Waals surface area contributed by atoms with Crippen molar-refractivity contribution in [3.8, 4) is 0 Å². The summed E-state index contributed by atoms with van der Waals surface area (Å²) < 4.78 is 47.3. The van der Waals surface area contributed by atoms with E-state index in [1.807, 2.05) is 0 Å². The molecule has 0 saturated heterocycles. The van der Waals surface area contributed by atoms with Crippen LogP contribution in [0.25, 0.3) is 0 Å². The standard InChI is InChI=1S/C11H17N3O4S2/c1-14(20(17,18)8-7-19(2,15)16)10-6-4-3-5-9(10)11(12)13/h3-6H,7-8H2,1-2H3,(H3,12,13). The van der Waals surface area contributed by atoms with Crippen LogP contribution in [-0.2, 0) is 19.9 Å². The lowest BCUT2D eigenvalue weighted by atomic mass is 10.1. The summed E-state index contributed by atoms with van der Waals surface area (Å²) in [5.74, 6) is -1.23. The Morgan fingerprint density at radius 3 is 2.25 bits per heavy atom. The van der Waals surface area contributed by atoms with Gasteiger partial charge in [0.05, 0.1) is 17.2 Å². The number of hydrogen-bond donors (Lipinski definition) is 2. The van der Waals surface area contributed by atoms with Crippen molar-refractivity contribution in [3.63, 3.8) is 0 Å². The van der Waals surface area contributed by atoms with E-state index in [-0.39, 0.29) is 17.1 Å². The molecule has 0 saturated carbocycles. The van der Waals surface area contributed by atoms with Crippen molar-refractivity contribution in [2.24, 2.45) is 5.73 Å². The summed E-state index contributed by atoms with van der Waals surface area (Å²) in [4.78, 5) is 0. The van der Waals surface area contributed by atoms with Gasteiger partial charge in [-0.15, -0.1) is 0 Å². The lowest BCUT2D eigenvalue weighted by molar-refractivity contribution is 0.589. The smallest absolute Gasteiger partial charge is 0.235 e. The van der Waals surface area contributed by atoms with E-state index in [1.54, 1.807) is 12.1 Å². The fraction of sp³-hybridized carbons (Fsp3) is 0.364. The second kappa shape index (κ2) is 5.80. The number of para-hydroxylation sites is 1. The predicted molar refractivity (Wildman–Crippen MR) is 79.4 cm³/mol. The summed E-state index contributed by atoms with van der Waals surface area (Å²) in [7, 11) is -5.87. The monoisotopic (exact) mass is 319 g/mol. The van der Waals surface area contributed by atoms with Gasteiger partial charge in [-0.1, -0.05) is 12.1 Å². The van der Waals surface area contributed by atoms with Gasteiger partial charge >= 0.3 is 0 Å². The first-order valence-corrected chi connectivity index (χ1v) is 9.29. The van der Waals surface area contributed by atoms with Gasteiger partial charge in [0.25, 0.3) is 0 Å². The maximum absolute atomic E-state index is 12.1. The number of amidine groups is 1. The number of benzene rings is 1. The van der Waals surface area contributed by atoms with Crippen molar-refractivity contribution < 1.29 is 16.8 Å². The summed E-state index contributed by atoms with van der Waals surface area (Å²) >= 11 is 0. The molecular weight excluding hydrogens is 302 g/mol. The number of nitrogens with two attached hydrogens (primary N) is 1. The highest BCUT2D eigenvalue weighted by molar-refractivity contribution is 7.95. The molecule has 3 N–H and O–H groups in total. The van der Waals surface area contributed by atoms with Gasteiger partial charge in [-0.25, -0.2) is 16.8 Å². The summed E-state index contributed by atoms with van der Waals surface area (Å²) in [5.41, 5.74) is 5.92. The molecule has 112 valence electrons. The van der Waals surface area contributed by atoms with Crippen LogP contribution in [0.3, 0.4) is 0 Å². The zero-order chi connectivity index (χ0) is 15.6. The van der Waals surface area contributed by atoms with Crippen LogP contribution >= 0.6 is 0 Å². The van der Waals surface area contributed by atoms with Crippen LogP contribution < -0.4 is 10.0 Å². The zero-order valence-corrected chi connectivity index (χ0v) is 12.8. The Kier molecular flexibility index (Phi) is 4.77. The maximum atomic E-state index is 12.1. The van der Waals surface area contributed by atoms with Gasteiger partial charge in [-0.2, -0.15) is 0 Å². The van der Waals surface area contributed by atoms with Crippen molar-refractivity contribution in [2.75, 3.05) is 29.1 Å². The van der Waals surface area contributed by atoms with Crippen molar-refractivity contribution in [1.29, 1.82) is 5.41 Å². The van der Waals surface area contributed by atoms with E-state index in [0.29, 0.717) is 0 Å². The molecular formula is C11H17N3O4S2. The van der Waals surface area contributed by atoms with E-state index in [0.717, 1.165) is 10.6 Å². The average molecular weight is 319 g/mol. The highest BCUT2D eigenvalue weighted by Gasteiger charge is 2.23. The van der Waals surface area contributed by atoms with Crippen LogP contribution in [-0.4, -0.2) is 47.5 Å². The first kappa shape index (κ1) is 16.4. The maximum Gasteiger partial charge on any atom is 0.235 e. The molecule has 0 fully saturated rings.